The fourth-order valence-corrected chi connectivity index (χ4v) is 4.54. The van der Waals surface area contributed by atoms with Gasteiger partial charge in [0.25, 0.3) is 5.91 Å². The minimum absolute atomic E-state index is 0. The van der Waals surface area contributed by atoms with Crippen LogP contribution in [0.2, 0.25) is 10.0 Å². The number of benzene rings is 1. The van der Waals surface area contributed by atoms with Crippen molar-refractivity contribution in [1.29, 1.82) is 0 Å². The molecule has 0 bridgehead atoms. The van der Waals surface area contributed by atoms with Gasteiger partial charge in [-0.3, -0.25) is 4.79 Å². The Bertz CT molecular complexity index is 1090. The van der Waals surface area contributed by atoms with Crippen LogP contribution in [0.15, 0.2) is 24.4 Å². The van der Waals surface area contributed by atoms with Crippen LogP contribution in [0.4, 0.5) is 24.7 Å². The van der Waals surface area contributed by atoms with Crippen LogP contribution in [-0.2, 0) is 10.9 Å². The third kappa shape index (κ3) is 8.24. The maximum Gasteiger partial charge on any atom is 0.417 e. The van der Waals surface area contributed by atoms with Crippen LogP contribution in [0, 0.1) is 0 Å². The number of halogens is 5. The number of hydrogen-bond acceptors (Lipinski definition) is 7. The molecule has 3 rings (SSSR count). The van der Waals surface area contributed by atoms with Crippen LogP contribution < -0.4 is 21.1 Å². The van der Waals surface area contributed by atoms with Crippen molar-refractivity contribution in [2.45, 2.75) is 37.6 Å². The van der Waals surface area contributed by atoms with Crippen molar-refractivity contribution in [3.8, 4) is 5.75 Å². The average Bonchev–Trinajstić information content (AvgIpc) is 2.86. The fourth-order valence-electron chi connectivity index (χ4n) is 4.14. The van der Waals surface area contributed by atoms with Crippen molar-refractivity contribution < 1.29 is 32.9 Å². The Labute approximate surface area is 229 Å². The van der Waals surface area contributed by atoms with Gasteiger partial charge in [0.15, 0.2) is 0 Å². The minimum Gasteiger partial charge on any atom is -0.496 e. The molecule has 1 aromatic heterocycles. The maximum absolute atomic E-state index is 12.9. The van der Waals surface area contributed by atoms with E-state index >= 15 is 0 Å². The molecule has 1 amide bonds. The van der Waals surface area contributed by atoms with Gasteiger partial charge in [0.05, 0.1) is 46.1 Å². The van der Waals surface area contributed by atoms with Crippen LogP contribution in [0.5, 0.6) is 5.75 Å². The van der Waals surface area contributed by atoms with Gasteiger partial charge < -0.3 is 36.2 Å². The highest BCUT2D eigenvalue weighted by molar-refractivity contribution is 6.33. The van der Waals surface area contributed by atoms with E-state index in [1.165, 1.54) is 19.2 Å². The third-order valence-electron chi connectivity index (χ3n) is 6.19. The molecule has 2 unspecified atom stereocenters. The zero-order chi connectivity index (χ0) is 27.2. The Morgan fingerprint density at radius 1 is 1.21 bits per heavy atom. The van der Waals surface area contributed by atoms with Crippen LogP contribution in [0.1, 0.15) is 35.2 Å². The first kappa shape index (κ1) is 31.7. The number of alkyl halides is 3. The lowest BCUT2D eigenvalue weighted by molar-refractivity contribution is -0.137. The molecule has 38 heavy (non-hydrogen) atoms. The number of carbonyl (C=O) groups is 1. The smallest absolute Gasteiger partial charge is 0.417 e. The van der Waals surface area contributed by atoms with Gasteiger partial charge in [-0.1, -0.05) is 23.2 Å². The normalized spacial score (nSPS) is 18.0. The number of nitrogens with two attached hydrogens (primary N) is 1. The molecule has 1 fully saturated rings. The van der Waals surface area contributed by atoms with Crippen LogP contribution in [-0.4, -0.2) is 73.8 Å². The molecule has 0 saturated carbocycles. The first-order chi connectivity index (χ1) is 17.5. The van der Waals surface area contributed by atoms with Gasteiger partial charge in [0.1, 0.15) is 11.6 Å². The average molecular weight is 582 g/mol. The summed E-state index contributed by atoms with van der Waals surface area (Å²) in [7, 11) is 3.07. The molecule has 1 aliphatic rings. The van der Waals surface area contributed by atoms with E-state index in [1.54, 1.807) is 7.11 Å². The van der Waals surface area contributed by atoms with Gasteiger partial charge >= 0.3 is 6.18 Å². The summed E-state index contributed by atoms with van der Waals surface area (Å²) in [5.74, 6) is 0.248. The topological polar surface area (TPSA) is 133 Å². The SMILES string of the molecule is COc1cc(N)c(Cl)cc1C(=O)NC1CCN(CCCCNc2ncc(C(F)(F)F)cc2Cl)CC1OC.O. The first-order valence-corrected chi connectivity index (χ1v) is 12.4. The van der Waals surface area contributed by atoms with E-state index in [1.807, 2.05) is 0 Å². The molecule has 14 heteroatoms. The lowest BCUT2D eigenvalue weighted by Crippen LogP contribution is -2.54. The summed E-state index contributed by atoms with van der Waals surface area (Å²) in [5.41, 5.74) is 5.55. The number of methoxy groups -OCH3 is 2. The Morgan fingerprint density at radius 3 is 2.58 bits per heavy atom. The molecule has 0 spiro atoms. The van der Waals surface area contributed by atoms with Gasteiger partial charge in [-0.25, -0.2) is 4.98 Å². The van der Waals surface area contributed by atoms with Gasteiger partial charge in [0.2, 0.25) is 0 Å². The Hall–Kier alpha value is -2.51. The van der Waals surface area contributed by atoms with E-state index in [2.05, 4.69) is 20.5 Å². The first-order valence-electron chi connectivity index (χ1n) is 11.7. The lowest BCUT2D eigenvalue weighted by atomic mass is 10.0. The third-order valence-corrected chi connectivity index (χ3v) is 6.80. The summed E-state index contributed by atoms with van der Waals surface area (Å²) in [4.78, 5) is 18.9. The molecule has 2 heterocycles. The number of anilines is 2. The number of amides is 1. The van der Waals surface area contributed by atoms with Crippen molar-refractivity contribution in [2.75, 3.05) is 51.4 Å². The van der Waals surface area contributed by atoms with Crippen molar-refractivity contribution in [3.05, 3.63) is 45.6 Å². The number of carbonyl (C=O) groups excluding carboxylic acids is 1. The van der Waals surface area contributed by atoms with Gasteiger partial charge in [-0.2, -0.15) is 13.2 Å². The molecule has 2 atom stereocenters. The van der Waals surface area contributed by atoms with Gasteiger partial charge in [-0.15, -0.1) is 0 Å². The fraction of sp³-hybridized carbons (Fsp3) is 0.500. The number of unbranched alkanes of at least 4 members (excludes halogenated alkanes) is 1. The molecule has 6 N–H and O–H groups in total. The highest BCUT2D eigenvalue weighted by Crippen LogP contribution is 2.32. The summed E-state index contributed by atoms with van der Waals surface area (Å²) >= 11 is 12.0. The lowest BCUT2D eigenvalue weighted by Gasteiger charge is -2.38. The van der Waals surface area contributed by atoms with Crippen molar-refractivity contribution in [3.63, 3.8) is 0 Å². The van der Waals surface area contributed by atoms with Crippen molar-refractivity contribution in [2.24, 2.45) is 0 Å². The molecular formula is C24H32Cl2F3N5O4. The van der Waals surface area contributed by atoms with E-state index in [9.17, 15) is 18.0 Å². The number of nitrogens with one attached hydrogen (secondary N) is 2. The molecule has 0 aliphatic carbocycles. The molecular weight excluding hydrogens is 550 g/mol. The number of likely N-dealkylation sites (tertiary alicyclic amines) is 1. The molecule has 1 saturated heterocycles. The minimum atomic E-state index is -4.48. The van der Waals surface area contributed by atoms with Crippen LogP contribution in [0.25, 0.3) is 0 Å². The molecule has 1 aliphatic heterocycles. The van der Waals surface area contributed by atoms with E-state index < -0.39 is 11.7 Å². The summed E-state index contributed by atoms with van der Waals surface area (Å²) in [6.07, 6.45) is -1.62. The highest BCUT2D eigenvalue weighted by atomic mass is 35.5. The van der Waals surface area contributed by atoms with Crippen molar-refractivity contribution in [1.82, 2.24) is 15.2 Å². The summed E-state index contributed by atoms with van der Waals surface area (Å²) in [6.45, 7) is 2.73. The number of aromatic nitrogens is 1. The Morgan fingerprint density at radius 2 is 1.95 bits per heavy atom. The van der Waals surface area contributed by atoms with Gasteiger partial charge in [0, 0.05) is 39.0 Å². The van der Waals surface area contributed by atoms with Crippen molar-refractivity contribution >= 4 is 40.6 Å². The zero-order valence-electron chi connectivity index (χ0n) is 21.0. The largest absolute Gasteiger partial charge is 0.496 e. The number of piperidine rings is 1. The second kappa shape index (κ2) is 14.0. The molecule has 0 radical (unpaired) electrons. The molecule has 9 nitrogen and oxygen atoms in total. The Balaban J connectivity index is 0.00000507. The predicted molar refractivity (Wildman–Crippen MR) is 141 cm³/mol. The standard InChI is InChI=1S/C24H30Cl2F3N5O3.H2O/c1-36-20-11-18(30)16(25)10-15(20)23(35)33-19-5-8-34(13-21(19)37-2)7-4-3-6-31-22-17(26)9-14(12-32-22)24(27,28)29;/h9-12,19,21H,3-8,13,30H2,1-2H3,(H,31,32)(H,33,35);1H2. The van der Waals surface area contributed by atoms with E-state index in [0.717, 1.165) is 38.2 Å². The van der Waals surface area contributed by atoms with Gasteiger partial charge in [-0.05, 0) is 37.9 Å². The number of pyridine rings is 1. The molecule has 1 aromatic carbocycles. The number of nitrogen functional groups attached to an aromatic ring is 1. The number of nitrogens with zero attached hydrogens (tertiary/aromatic N) is 2. The van der Waals surface area contributed by atoms with Crippen LogP contribution >= 0.6 is 23.2 Å². The second-order valence-electron chi connectivity index (χ2n) is 8.70. The highest BCUT2D eigenvalue weighted by Gasteiger charge is 2.32. The second-order valence-corrected chi connectivity index (χ2v) is 9.52. The summed E-state index contributed by atoms with van der Waals surface area (Å²) in [5, 5.41) is 6.21. The van der Waals surface area contributed by atoms with E-state index in [0.29, 0.717) is 36.5 Å². The van der Waals surface area contributed by atoms with E-state index in [-0.39, 0.29) is 39.4 Å². The molecule has 212 valence electrons. The Kier molecular flexibility index (Phi) is 11.7. The van der Waals surface area contributed by atoms with Crippen LogP contribution in [0.3, 0.4) is 0 Å². The maximum atomic E-state index is 12.9. The quantitative estimate of drug-likeness (QED) is 0.286. The summed E-state index contributed by atoms with van der Waals surface area (Å²) < 4.78 is 49.1. The zero-order valence-corrected chi connectivity index (χ0v) is 22.5. The number of ether oxygens (including phenoxy) is 2. The van der Waals surface area contributed by atoms with E-state index in [4.69, 9.17) is 38.4 Å². The summed E-state index contributed by atoms with van der Waals surface area (Å²) in [6, 6.07) is 3.68. The monoisotopic (exact) mass is 581 g/mol. The number of hydrogen-bond donors (Lipinski definition) is 3. The molecule has 2 aromatic rings. The number of rotatable bonds is 10. The predicted octanol–water partition coefficient (Wildman–Crippen LogP) is 3.88.